The van der Waals surface area contributed by atoms with E-state index in [-0.39, 0.29) is 6.54 Å². The number of ether oxygens (including phenoxy) is 1. The number of carbonyl (C=O) groups excluding carboxylic acids is 2. The van der Waals surface area contributed by atoms with Crippen molar-refractivity contribution in [3.8, 4) is 5.75 Å². The van der Waals surface area contributed by atoms with Crippen LogP contribution in [0.5, 0.6) is 5.75 Å². The van der Waals surface area contributed by atoms with Crippen molar-refractivity contribution in [3.05, 3.63) is 64.2 Å². The fourth-order valence-corrected chi connectivity index (χ4v) is 2.30. The van der Waals surface area contributed by atoms with Gasteiger partial charge in [0.15, 0.2) is 0 Å². The molecule has 0 bridgehead atoms. The molecular weight excluding hydrogens is 354 g/mol. The van der Waals surface area contributed by atoms with E-state index in [0.717, 1.165) is 11.1 Å². The van der Waals surface area contributed by atoms with Crippen molar-refractivity contribution in [2.45, 2.75) is 20.4 Å². The summed E-state index contributed by atoms with van der Waals surface area (Å²) in [5.41, 5.74) is 4.88. The highest BCUT2D eigenvalue weighted by Crippen LogP contribution is 2.24. The summed E-state index contributed by atoms with van der Waals surface area (Å²) in [6.07, 6.45) is 1.40. The van der Waals surface area contributed by atoms with Gasteiger partial charge in [0.1, 0.15) is 5.75 Å². The van der Waals surface area contributed by atoms with Gasteiger partial charge in [-0.2, -0.15) is 5.10 Å². The van der Waals surface area contributed by atoms with Crippen LogP contribution in [0.4, 0.5) is 0 Å². The largest absolute Gasteiger partial charge is 0.492 e. The summed E-state index contributed by atoms with van der Waals surface area (Å²) in [5, 5.41) is 6.74. The van der Waals surface area contributed by atoms with Crippen molar-refractivity contribution in [3.63, 3.8) is 0 Å². The molecule has 0 heterocycles. The van der Waals surface area contributed by atoms with Crippen LogP contribution < -0.4 is 15.5 Å². The van der Waals surface area contributed by atoms with Gasteiger partial charge in [-0.25, -0.2) is 5.43 Å². The van der Waals surface area contributed by atoms with E-state index >= 15 is 0 Å². The fourth-order valence-electron chi connectivity index (χ4n) is 2.05. The standard InChI is InChI=1S/C19H20ClN3O3/c1-3-26-17-9-8-15(10-16(17)20)12-22-23-19(25)18(24)21-11-14-6-4-13(2)5-7-14/h4-10,12H,3,11H2,1-2H3,(H,21,24)(H,23,25)/b22-12-. The zero-order valence-electron chi connectivity index (χ0n) is 14.6. The lowest BCUT2D eigenvalue weighted by atomic mass is 10.1. The van der Waals surface area contributed by atoms with Gasteiger partial charge in [-0.1, -0.05) is 41.4 Å². The number of hydrogen-bond donors (Lipinski definition) is 2. The zero-order chi connectivity index (χ0) is 18.9. The molecule has 0 saturated heterocycles. The zero-order valence-corrected chi connectivity index (χ0v) is 15.3. The Bertz CT molecular complexity index is 804. The molecule has 0 aliphatic carbocycles. The Kier molecular flexibility index (Phi) is 7.17. The normalized spacial score (nSPS) is 10.6. The van der Waals surface area contributed by atoms with Crippen LogP contribution >= 0.6 is 11.6 Å². The van der Waals surface area contributed by atoms with E-state index < -0.39 is 11.8 Å². The van der Waals surface area contributed by atoms with Crippen molar-refractivity contribution in [1.29, 1.82) is 0 Å². The van der Waals surface area contributed by atoms with Crippen LogP contribution in [0.25, 0.3) is 0 Å². The van der Waals surface area contributed by atoms with Crippen molar-refractivity contribution >= 4 is 29.6 Å². The molecule has 0 aliphatic heterocycles. The monoisotopic (exact) mass is 373 g/mol. The third-order valence-electron chi connectivity index (χ3n) is 3.42. The minimum Gasteiger partial charge on any atom is -0.492 e. The van der Waals surface area contributed by atoms with Gasteiger partial charge >= 0.3 is 11.8 Å². The SMILES string of the molecule is CCOc1ccc(/C=N\NC(=O)C(=O)NCc2ccc(C)cc2)cc1Cl. The Hall–Kier alpha value is -2.86. The molecule has 2 aromatic carbocycles. The van der Waals surface area contributed by atoms with Gasteiger partial charge in [0.05, 0.1) is 17.8 Å². The molecule has 0 aliphatic rings. The highest BCUT2D eigenvalue weighted by molar-refractivity contribution is 6.35. The topological polar surface area (TPSA) is 79.8 Å². The van der Waals surface area contributed by atoms with E-state index in [0.29, 0.717) is 22.9 Å². The van der Waals surface area contributed by atoms with Gasteiger partial charge in [-0.05, 0) is 43.2 Å². The van der Waals surface area contributed by atoms with E-state index in [1.807, 2.05) is 38.1 Å². The predicted octanol–water partition coefficient (Wildman–Crippen LogP) is 2.81. The first kappa shape index (κ1) is 19.5. The predicted molar refractivity (Wildman–Crippen MR) is 101 cm³/mol. The first-order valence-electron chi connectivity index (χ1n) is 8.08. The molecule has 0 saturated carbocycles. The molecular formula is C19H20ClN3O3. The van der Waals surface area contributed by atoms with Crippen LogP contribution in [0.2, 0.25) is 5.02 Å². The molecule has 0 fully saturated rings. The van der Waals surface area contributed by atoms with Gasteiger partial charge in [0, 0.05) is 6.54 Å². The quantitative estimate of drug-likeness (QED) is 0.464. The lowest BCUT2D eigenvalue weighted by Crippen LogP contribution is -2.37. The summed E-state index contributed by atoms with van der Waals surface area (Å²) in [5.74, 6) is -1.02. The first-order chi connectivity index (χ1) is 12.5. The highest BCUT2D eigenvalue weighted by Gasteiger charge is 2.11. The maximum atomic E-state index is 11.8. The molecule has 0 atom stereocenters. The maximum Gasteiger partial charge on any atom is 0.329 e. The summed E-state index contributed by atoms with van der Waals surface area (Å²) in [4.78, 5) is 23.5. The second kappa shape index (κ2) is 9.58. The average molecular weight is 374 g/mol. The number of nitrogens with one attached hydrogen (secondary N) is 2. The molecule has 0 radical (unpaired) electrons. The van der Waals surface area contributed by atoms with Crippen LogP contribution in [-0.4, -0.2) is 24.6 Å². The number of hydrazone groups is 1. The summed E-state index contributed by atoms with van der Waals surface area (Å²) >= 11 is 6.07. The summed E-state index contributed by atoms with van der Waals surface area (Å²) in [6.45, 7) is 4.63. The number of halogens is 1. The second-order valence-corrected chi connectivity index (χ2v) is 5.90. The second-order valence-electron chi connectivity index (χ2n) is 5.49. The highest BCUT2D eigenvalue weighted by atomic mass is 35.5. The number of carbonyl (C=O) groups is 2. The number of amides is 2. The van der Waals surface area contributed by atoms with Crippen molar-refractivity contribution in [2.24, 2.45) is 5.10 Å². The number of rotatable bonds is 6. The molecule has 136 valence electrons. The third-order valence-corrected chi connectivity index (χ3v) is 3.71. The maximum absolute atomic E-state index is 11.8. The van der Waals surface area contributed by atoms with Gasteiger partial charge < -0.3 is 10.1 Å². The summed E-state index contributed by atoms with van der Waals surface area (Å²) in [6, 6.07) is 12.8. The average Bonchev–Trinajstić information content (AvgIpc) is 2.63. The smallest absolute Gasteiger partial charge is 0.329 e. The molecule has 6 nitrogen and oxygen atoms in total. The number of benzene rings is 2. The fraction of sp³-hybridized carbons (Fsp3) is 0.211. The lowest BCUT2D eigenvalue weighted by molar-refractivity contribution is -0.139. The third kappa shape index (κ3) is 5.89. The molecule has 2 amide bonds. The summed E-state index contributed by atoms with van der Waals surface area (Å²) in [7, 11) is 0. The van der Waals surface area contributed by atoms with E-state index in [1.165, 1.54) is 6.21 Å². The summed E-state index contributed by atoms with van der Waals surface area (Å²) < 4.78 is 5.34. The molecule has 2 N–H and O–H groups in total. The lowest BCUT2D eigenvalue weighted by Gasteiger charge is -2.06. The van der Waals surface area contributed by atoms with Crippen LogP contribution in [0, 0.1) is 6.92 Å². The van der Waals surface area contributed by atoms with Gasteiger partial charge in [0.25, 0.3) is 0 Å². The molecule has 7 heteroatoms. The minimum absolute atomic E-state index is 0.269. The minimum atomic E-state index is -0.842. The molecule has 26 heavy (non-hydrogen) atoms. The van der Waals surface area contributed by atoms with E-state index in [4.69, 9.17) is 16.3 Å². The Morgan fingerprint density at radius 1 is 1.15 bits per heavy atom. The van der Waals surface area contributed by atoms with Crippen LogP contribution in [0.15, 0.2) is 47.6 Å². The Morgan fingerprint density at radius 3 is 2.54 bits per heavy atom. The number of aryl methyl sites for hydroxylation is 1. The molecule has 0 aromatic heterocycles. The van der Waals surface area contributed by atoms with Crippen LogP contribution in [0.3, 0.4) is 0 Å². The Morgan fingerprint density at radius 2 is 1.88 bits per heavy atom. The van der Waals surface area contributed by atoms with Gasteiger partial charge in [-0.3, -0.25) is 9.59 Å². The van der Waals surface area contributed by atoms with E-state index in [1.54, 1.807) is 18.2 Å². The Balaban J connectivity index is 1.83. The number of hydrogen-bond acceptors (Lipinski definition) is 4. The molecule has 0 unspecified atom stereocenters. The number of nitrogens with zero attached hydrogens (tertiary/aromatic N) is 1. The van der Waals surface area contributed by atoms with Gasteiger partial charge in [0.2, 0.25) is 0 Å². The first-order valence-corrected chi connectivity index (χ1v) is 8.46. The molecule has 2 rings (SSSR count). The van der Waals surface area contributed by atoms with Crippen molar-refractivity contribution < 1.29 is 14.3 Å². The van der Waals surface area contributed by atoms with E-state index in [9.17, 15) is 9.59 Å². The van der Waals surface area contributed by atoms with Crippen LogP contribution in [-0.2, 0) is 16.1 Å². The van der Waals surface area contributed by atoms with Crippen LogP contribution in [0.1, 0.15) is 23.6 Å². The Labute approximate surface area is 157 Å². The molecule has 0 spiro atoms. The van der Waals surface area contributed by atoms with E-state index in [2.05, 4.69) is 15.8 Å². The molecule has 2 aromatic rings. The van der Waals surface area contributed by atoms with Gasteiger partial charge in [-0.15, -0.1) is 0 Å². The van der Waals surface area contributed by atoms with Crippen molar-refractivity contribution in [2.75, 3.05) is 6.61 Å². The van der Waals surface area contributed by atoms with Crippen molar-refractivity contribution in [1.82, 2.24) is 10.7 Å².